The van der Waals surface area contributed by atoms with Gasteiger partial charge in [0.15, 0.2) is 17.2 Å². The van der Waals surface area contributed by atoms with E-state index in [0.29, 0.717) is 42.0 Å². The number of hydrogen-bond donors (Lipinski definition) is 1. The van der Waals surface area contributed by atoms with E-state index >= 15 is 0 Å². The summed E-state index contributed by atoms with van der Waals surface area (Å²) >= 11 is 0. The molecule has 1 aliphatic carbocycles. The predicted octanol–water partition coefficient (Wildman–Crippen LogP) is 4.50. The SMILES string of the molecule is CCOc1ccc(-c2cc(NC(=O)c3noc4c3C[C@@H](C)CC4)on2)cc1OCC. The second-order valence-electron chi connectivity index (χ2n) is 7.34. The summed E-state index contributed by atoms with van der Waals surface area (Å²) in [7, 11) is 0. The number of rotatable bonds is 7. The number of aromatic nitrogens is 2. The van der Waals surface area contributed by atoms with Crippen LogP contribution in [0.3, 0.4) is 0 Å². The Labute approximate surface area is 174 Å². The van der Waals surface area contributed by atoms with Crippen molar-refractivity contribution in [2.75, 3.05) is 18.5 Å². The van der Waals surface area contributed by atoms with Crippen LogP contribution in [0.15, 0.2) is 33.3 Å². The minimum absolute atomic E-state index is 0.238. The van der Waals surface area contributed by atoms with Gasteiger partial charge in [-0.05, 0) is 50.8 Å². The Morgan fingerprint density at radius 3 is 2.73 bits per heavy atom. The van der Waals surface area contributed by atoms with Gasteiger partial charge in [0.05, 0.1) is 13.2 Å². The van der Waals surface area contributed by atoms with E-state index in [1.807, 2.05) is 32.0 Å². The summed E-state index contributed by atoms with van der Waals surface area (Å²) < 4.78 is 21.9. The molecule has 4 rings (SSSR count). The molecule has 0 fully saturated rings. The van der Waals surface area contributed by atoms with Gasteiger partial charge in [-0.2, -0.15) is 0 Å². The first kappa shape index (κ1) is 20.0. The molecule has 3 aromatic rings. The van der Waals surface area contributed by atoms with Crippen LogP contribution in [0.5, 0.6) is 11.5 Å². The fourth-order valence-corrected chi connectivity index (χ4v) is 3.61. The molecule has 30 heavy (non-hydrogen) atoms. The second kappa shape index (κ2) is 8.61. The van der Waals surface area contributed by atoms with E-state index in [9.17, 15) is 4.79 Å². The van der Waals surface area contributed by atoms with Crippen molar-refractivity contribution in [2.24, 2.45) is 5.92 Å². The van der Waals surface area contributed by atoms with Gasteiger partial charge in [-0.15, -0.1) is 0 Å². The molecule has 0 unspecified atom stereocenters. The Balaban J connectivity index is 1.52. The molecule has 1 aliphatic rings. The third-order valence-corrected chi connectivity index (χ3v) is 5.09. The largest absolute Gasteiger partial charge is 0.490 e. The Kier molecular flexibility index (Phi) is 5.74. The van der Waals surface area contributed by atoms with Crippen LogP contribution in [0.2, 0.25) is 0 Å². The molecule has 1 atom stereocenters. The number of ether oxygens (including phenoxy) is 2. The van der Waals surface area contributed by atoms with Gasteiger partial charge >= 0.3 is 0 Å². The van der Waals surface area contributed by atoms with E-state index in [2.05, 4.69) is 22.6 Å². The molecule has 158 valence electrons. The third-order valence-electron chi connectivity index (χ3n) is 5.09. The fraction of sp³-hybridized carbons (Fsp3) is 0.409. The molecular weight excluding hydrogens is 386 g/mol. The van der Waals surface area contributed by atoms with Crippen LogP contribution >= 0.6 is 0 Å². The molecule has 1 N–H and O–H groups in total. The number of carbonyl (C=O) groups excluding carboxylic acids is 1. The summed E-state index contributed by atoms with van der Waals surface area (Å²) in [5.74, 6) is 2.48. The van der Waals surface area contributed by atoms with Gasteiger partial charge in [-0.3, -0.25) is 10.1 Å². The smallest absolute Gasteiger partial charge is 0.280 e. The highest BCUT2D eigenvalue weighted by Gasteiger charge is 2.27. The van der Waals surface area contributed by atoms with E-state index in [4.69, 9.17) is 18.5 Å². The molecule has 1 amide bonds. The number of nitrogens with one attached hydrogen (secondary N) is 1. The van der Waals surface area contributed by atoms with Crippen LogP contribution in [-0.2, 0) is 12.8 Å². The number of benzene rings is 1. The lowest BCUT2D eigenvalue weighted by atomic mass is 9.88. The van der Waals surface area contributed by atoms with Crippen LogP contribution in [0.25, 0.3) is 11.3 Å². The van der Waals surface area contributed by atoms with E-state index in [1.165, 1.54) is 0 Å². The lowest BCUT2D eigenvalue weighted by Gasteiger charge is -2.16. The van der Waals surface area contributed by atoms with E-state index in [1.54, 1.807) is 6.07 Å². The Bertz CT molecular complexity index is 1040. The number of hydrogen-bond acceptors (Lipinski definition) is 7. The van der Waals surface area contributed by atoms with E-state index < -0.39 is 0 Å². The lowest BCUT2D eigenvalue weighted by molar-refractivity contribution is 0.101. The van der Waals surface area contributed by atoms with Gasteiger partial charge in [0.1, 0.15) is 11.5 Å². The summed E-state index contributed by atoms with van der Waals surface area (Å²) in [6, 6.07) is 7.21. The van der Waals surface area contributed by atoms with Gasteiger partial charge in [-0.25, -0.2) is 0 Å². The molecule has 0 radical (unpaired) electrons. The standard InChI is InChI=1S/C22H25N3O5/c1-4-27-18-9-7-14(11-19(18)28-5-2)16-12-20(30-24-16)23-22(26)21-15-10-13(3)6-8-17(15)29-25-21/h7,9,11-13H,4-6,8,10H2,1-3H3,(H,23,26)/t13-/m0/s1. The number of amides is 1. The summed E-state index contributed by atoms with van der Waals surface area (Å²) in [5.41, 5.74) is 2.57. The second-order valence-corrected chi connectivity index (χ2v) is 7.34. The number of carbonyl (C=O) groups is 1. The highest BCUT2D eigenvalue weighted by Crippen LogP contribution is 2.33. The van der Waals surface area contributed by atoms with Gasteiger partial charge in [0.25, 0.3) is 5.91 Å². The van der Waals surface area contributed by atoms with Crippen molar-refractivity contribution < 1.29 is 23.3 Å². The fourth-order valence-electron chi connectivity index (χ4n) is 3.61. The summed E-state index contributed by atoms with van der Waals surface area (Å²) in [6.45, 7) is 7.06. The summed E-state index contributed by atoms with van der Waals surface area (Å²) in [6.07, 6.45) is 2.64. The highest BCUT2D eigenvalue weighted by molar-refractivity contribution is 6.03. The van der Waals surface area contributed by atoms with Gasteiger partial charge in [-0.1, -0.05) is 17.2 Å². The molecular formula is C22H25N3O5. The lowest BCUT2D eigenvalue weighted by Crippen LogP contribution is -2.17. The minimum atomic E-state index is -0.363. The average Bonchev–Trinajstić information content (AvgIpc) is 3.36. The van der Waals surface area contributed by atoms with Gasteiger partial charge in [0.2, 0.25) is 5.88 Å². The number of fused-ring (bicyclic) bond motifs is 1. The van der Waals surface area contributed by atoms with Gasteiger partial charge < -0.3 is 18.5 Å². The zero-order valence-electron chi connectivity index (χ0n) is 17.4. The molecule has 0 saturated heterocycles. The molecule has 0 spiro atoms. The van der Waals surface area contributed by atoms with Crippen molar-refractivity contribution in [3.05, 3.63) is 41.3 Å². The first-order valence-corrected chi connectivity index (χ1v) is 10.2. The van der Waals surface area contributed by atoms with Crippen LogP contribution in [0.1, 0.15) is 49.0 Å². The molecule has 0 bridgehead atoms. The number of nitrogens with zero attached hydrogens (tertiary/aromatic N) is 2. The monoisotopic (exact) mass is 411 g/mol. The van der Waals surface area contributed by atoms with Crippen molar-refractivity contribution in [1.82, 2.24) is 10.3 Å². The van der Waals surface area contributed by atoms with E-state index in [-0.39, 0.29) is 11.8 Å². The topological polar surface area (TPSA) is 99.6 Å². The average molecular weight is 411 g/mol. The zero-order valence-corrected chi connectivity index (χ0v) is 17.4. The molecule has 8 heteroatoms. The van der Waals surface area contributed by atoms with Crippen LogP contribution in [0.4, 0.5) is 5.88 Å². The molecule has 0 aliphatic heterocycles. The Morgan fingerprint density at radius 2 is 1.93 bits per heavy atom. The van der Waals surface area contributed by atoms with Crippen LogP contribution in [0, 0.1) is 5.92 Å². The van der Waals surface area contributed by atoms with Crippen molar-refractivity contribution >= 4 is 11.8 Å². The number of anilines is 1. The van der Waals surface area contributed by atoms with Crippen molar-refractivity contribution in [3.8, 4) is 22.8 Å². The number of aryl methyl sites for hydroxylation is 1. The van der Waals surface area contributed by atoms with E-state index in [0.717, 1.165) is 36.1 Å². The molecule has 1 aromatic carbocycles. The maximum Gasteiger partial charge on any atom is 0.280 e. The van der Waals surface area contributed by atoms with Crippen molar-refractivity contribution in [3.63, 3.8) is 0 Å². The summed E-state index contributed by atoms with van der Waals surface area (Å²) in [4.78, 5) is 12.7. The quantitative estimate of drug-likeness (QED) is 0.611. The Hall–Kier alpha value is -3.29. The first-order valence-electron chi connectivity index (χ1n) is 10.2. The Morgan fingerprint density at radius 1 is 1.13 bits per heavy atom. The molecule has 2 heterocycles. The highest BCUT2D eigenvalue weighted by atomic mass is 16.5. The van der Waals surface area contributed by atoms with Crippen LogP contribution < -0.4 is 14.8 Å². The predicted molar refractivity (Wildman–Crippen MR) is 110 cm³/mol. The van der Waals surface area contributed by atoms with Crippen molar-refractivity contribution in [1.29, 1.82) is 0 Å². The molecule has 2 aromatic heterocycles. The third kappa shape index (κ3) is 4.03. The minimum Gasteiger partial charge on any atom is -0.490 e. The normalized spacial score (nSPS) is 15.5. The zero-order chi connectivity index (χ0) is 21.1. The maximum absolute atomic E-state index is 12.7. The molecule has 8 nitrogen and oxygen atoms in total. The van der Waals surface area contributed by atoms with Gasteiger partial charge in [0, 0.05) is 23.6 Å². The summed E-state index contributed by atoms with van der Waals surface area (Å²) in [5, 5.41) is 10.8. The van der Waals surface area contributed by atoms with Crippen molar-refractivity contribution in [2.45, 2.75) is 40.0 Å². The molecule has 0 saturated carbocycles. The maximum atomic E-state index is 12.7. The first-order chi connectivity index (χ1) is 14.6. The van der Waals surface area contributed by atoms with Crippen LogP contribution in [-0.4, -0.2) is 29.4 Å².